The van der Waals surface area contributed by atoms with Gasteiger partial charge in [0.05, 0.1) is 17.9 Å². The molecule has 2 aromatic rings. The Kier molecular flexibility index (Phi) is 4.43. The van der Waals surface area contributed by atoms with E-state index in [9.17, 15) is 4.79 Å². The lowest BCUT2D eigenvalue weighted by atomic mass is 9.93. The van der Waals surface area contributed by atoms with Gasteiger partial charge < -0.3 is 4.74 Å². The van der Waals surface area contributed by atoms with Gasteiger partial charge in [0, 0.05) is 4.88 Å². The number of hydrogen-bond donors (Lipinski definition) is 1. The topological polar surface area (TPSA) is 51.2 Å². The smallest absolute Gasteiger partial charge is 0.261 e. The van der Waals surface area contributed by atoms with E-state index in [4.69, 9.17) is 4.74 Å². The number of nitrogens with one attached hydrogen (secondary N) is 1. The second-order valence-corrected chi connectivity index (χ2v) is 6.70. The second-order valence-electron chi connectivity index (χ2n) is 5.62. The Hall–Kier alpha value is -1.88. The third-order valence-electron chi connectivity index (χ3n) is 3.84. The van der Waals surface area contributed by atoms with E-state index in [2.05, 4.69) is 17.2 Å². The Morgan fingerprint density at radius 1 is 1.45 bits per heavy atom. The van der Waals surface area contributed by atoms with E-state index < -0.39 is 0 Å². The van der Waals surface area contributed by atoms with Crippen LogP contribution in [0, 0.1) is 5.92 Å². The standard InChI is InChI=1S/C17H20N2O2S/c1-3-21-14-7-5-4-6-12(14)16(20)19-17-18-13-9-8-11(2)10-15(13)22-17/h4-7,11H,3,8-10H2,1-2H3,(H,18,19,20)/t11-/m0/s1. The first-order chi connectivity index (χ1) is 10.7. The third-order valence-corrected chi connectivity index (χ3v) is 4.87. The van der Waals surface area contributed by atoms with Crippen LogP contribution >= 0.6 is 11.3 Å². The minimum Gasteiger partial charge on any atom is -0.493 e. The summed E-state index contributed by atoms with van der Waals surface area (Å²) in [5.41, 5.74) is 1.70. The summed E-state index contributed by atoms with van der Waals surface area (Å²) < 4.78 is 5.51. The molecule has 5 heteroatoms. The molecule has 0 saturated heterocycles. The van der Waals surface area contributed by atoms with Crippen LogP contribution in [-0.4, -0.2) is 17.5 Å². The Bertz CT molecular complexity index is 681. The van der Waals surface area contributed by atoms with Crippen molar-refractivity contribution in [3.63, 3.8) is 0 Å². The fourth-order valence-electron chi connectivity index (χ4n) is 2.69. The number of aromatic nitrogens is 1. The fourth-order valence-corrected chi connectivity index (χ4v) is 3.86. The number of nitrogens with zero attached hydrogens (tertiary/aromatic N) is 1. The molecular formula is C17H20N2O2S. The van der Waals surface area contributed by atoms with E-state index in [1.54, 1.807) is 17.4 Å². The number of amides is 1. The summed E-state index contributed by atoms with van der Waals surface area (Å²) in [4.78, 5) is 18.3. The molecule has 0 spiro atoms. The van der Waals surface area contributed by atoms with Crippen molar-refractivity contribution in [3.05, 3.63) is 40.4 Å². The zero-order valence-corrected chi connectivity index (χ0v) is 13.7. The van der Waals surface area contributed by atoms with Crippen LogP contribution in [-0.2, 0) is 12.8 Å². The normalized spacial score (nSPS) is 16.9. The monoisotopic (exact) mass is 316 g/mol. The van der Waals surface area contributed by atoms with Crippen molar-refractivity contribution in [1.82, 2.24) is 4.98 Å². The van der Waals surface area contributed by atoms with Gasteiger partial charge >= 0.3 is 0 Å². The van der Waals surface area contributed by atoms with Crippen molar-refractivity contribution in [2.75, 3.05) is 11.9 Å². The van der Waals surface area contributed by atoms with Gasteiger partial charge in [0.2, 0.25) is 0 Å². The molecule has 1 atom stereocenters. The molecule has 3 rings (SSSR count). The molecule has 0 saturated carbocycles. The predicted octanol–water partition coefficient (Wildman–Crippen LogP) is 3.92. The lowest BCUT2D eigenvalue weighted by Crippen LogP contribution is -2.13. The highest BCUT2D eigenvalue weighted by molar-refractivity contribution is 7.15. The van der Waals surface area contributed by atoms with Crippen LogP contribution in [0.4, 0.5) is 5.13 Å². The van der Waals surface area contributed by atoms with Gasteiger partial charge in [-0.2, -0.15) is 0 Å². The number of para-hydroxylation sites is 1. The fraction of sp³-hybridized carbons (Fsp3) is 0.412. The first kappa shape index (κ1) is 15.0. The first-order valence-electron chi connectivity index (χ1n) is 7.69. The lowest BCUT2D eigenvalue weighted by molar-refractivity contribution is 0.102. The Balaban J connectivity index is 1.77. The molecule has 0 aliphatic heterocycles. The lowest BCUT2D eigenvalue weighted by Gasteiger charge is -2.15. The van der Waals surface area contributed by atoms with Gasteiger partial charge in [-0.3, -0.25) is 10.1 Å². The van der Waals surface area contributed by atoms with Gasteiger partial charge in [-0.05, 0) is 44.2 Å². The maximum atomic E-state index is 12.5. The number of anilines is 1. The summed E-state index contributed by atoms with van der Waals surface area (Å²) in [7, 11) is 0. The summed E-state index contributed by atoms with van der Waals surface area (Å²) in [6.45, 7) is 4.71. The van der Waals surface area contributed by atoms with Gasteiger partial charge in [-0.1, -0.05) is 19.1 Å². The minimum atomic E-state index is -0.164. The molecule has 0 radical (unpaired) electrons. The van der Waals surface area contributed by atoms with Gasteiger partial charge in [0.1, 0.15) is 5.75 Å². The molecule has 116 valence electrons. The van der Waals surface area contributed by atoms with E-state index in [1.165, 1.54) is 11.3 Å². The number of ether oxygens (including phenoxy) is 1. The third kappa shape index (κ3) is 3.14. The molecule has 4 nitrogen and oxygen atoms in total. The molecule has 1 aromatic carbocycles. The number of benzene rings is 1. The van der Waals surface area contributed by atoms with Crippen molar-refractivity contribution in [2.24, 2.45) is 5.92 Å². The highest BCUT2D eigenvalue weighted by Crippen LogP contribution is 2.32. The molecule has 22 heavy (non-hydrogen) atoms. The number of thiazole rings is 1. The van der Waals surface area contributed by atoms with Crippen molar-refractivity contribution in [1.29, 1.82) is 0 Å². The molecule has 1 amide bonds. The van der Waals surface area contributed by atoms with Crippen molar-refractivity contribution < 1.29 is 9.53 Å². The zero-order valence-electron chi connectivity index (χ0n) is 12.9. The minimum absolute atomic E-state index is 0.164. The van der Waals surface area contributed by atoms with Gasteiger partial charge in [-0.25, -0.2) is 4.98 Å². The summed E-state index contributed by atoms with van der Waals surface area (Å²) in [5.74, 6) is 1.15. The van der Waals surface area contributed by atoms with Crippen LogP contribution in [0.5, 0.6) is 5.75 Å². The molecular weight excluding hydrogens is 296 g/mol. The van der Waals surface area contributed by atoms with E-state index in [0.717, 1.165) is 18.5 Å². The largest absolute Gasteiger partial charge is 0.493 e. The van der Waals surface area contributed by atoms with Gasteiger partial charge in [0.15, 0.2) is 5.13 Å². The average Bonchev–Trinajstić information content (AvgIpc) is 2.89. The van der Waals surface area contributed by atoms with Crippen LogP contribution < -0.4 is 10.1 Å². The van der Waals surface area contributed by atoms with Crippen molar-refractivity contribution in [3.8, 4) is 5.75 Å². The molecule has 0 fully saturated rings. The number of carbonyl (C=O) groups is 1. The second kappa shape index (κ2) is 6.48. The molecule has 1 aliphatic carbocycles. The van der Waals surface area contributed by atoms with Crippen molar-refractivity contribution >= 4 is 22.4 Å². The quantitative estimate of drug-likeness (QED) is 0.930. The first-order valence-corrected chi connectivity index (χ1v) is 8.50. The zero-order chi connectivity index (χ0) is 15.5. The van der Waals surface area contributed by atoms with E-state index in [-0.39, 0.29) is 5.91 Å². The predicted molar refractivity (Wildman–Crippen MR) is 88.9 cm³/mol. The Morgan fingerprint density at radius 2 is 2.27 bits per heavy atom. The van der Waals surface area contributed by atoms with Crippen LogP contribution in [0.15, 0.2) is 24.3 Å². The summed E-state index contributed by atoms with van der Waals surface area (Å²) in [5, 5.41) is 3.61. The molecule has 1 N–H and O–H groups in total. The SMILES string of the molecule is CCOc1ccccc1C(=O)Nc1nc2c(s1)C[C@@H](C)CC2. The molecule has 1 heterocycles. The number of carbonyl (C=O) groups excluding carboxylic acids is 1. The van der Waals surface area contributed by atoms with Crippen LogP contribution in [0.2, 0.25) is 0 Å². The maximum Gasteiger partial charge on any atom is 0.261 e. The molecule has 1 aliphatic rings. The summed E-state index contributed by atoms with van der Waals surface area (Å²) >= 11 is 1.60. The molecule has 0 unspecified atom stereocenters. The Morgan fingerprint density at radius 3 is 3.09 bits per heavy atom. The summed E-state index contributed by atoms with van der Waals surface area (Å²) in [6, 6.07) is 7.29. The van der Waals surface area contributed by atoms with E-state index >= 15 is 0 Å². The number of hydrogen-bond acceptors (Lipinski definition) is 4. The average molecular weight is 316 g/mol. The molecule has 0 bridgehead atoms. The van der Waals surface area contributed by atoms with E-state index in [1.807, 2.05) is 25.1 Å². The highest BCUT2D eigenvalue weighted by Gasteiger charge is 2.21. The number of rotatable bonds is 4. The molecule has 1 aromatic heterocycles. The number of aryl methyl sites for hydroxylation is 1. The van der Waals surface area contributed by atoms with Crippen LogP contribution in [0.3, 0.4) is 0 Å². The van der Waals surface area contributed by atoms with Crippen LogP contribution in [0.1, 0.15) is 41.2 Å². The van der Waals surface area contributed by atoms with Crippen LogP contribution in [0.25, 0.3) is 0 Å². The van der Waals surface area contributed by atoms with Gasteiger partial charge in [0.25, 0.3) is 5.91 Å². The van der Waals surface area contributed by atoms with E-state index in [0.29, 0.717) is 29.0 Å². The summed E-state index contributed by atoms with van der Waals surface area (Å²) in [6.07, 6.45) is 3.26. The van der Waals surface area contributed by atoms with Gasteiger partial charge in [-0.15, -0.1) is 11.3 Å². The Labute approximate surface area is 134 Å². The number of fused-ring (bicyclic) bond motifs is 1. The van der Waals surface area contributed by atoms with Crippen molar-refractivity contribution in [2.45, 2.75) is 33.1 Å². The maximum absolute atomic E-state index is 12.5. The highest BCUT2D eigenvalue weighted by atomic mass is 32.1.